The van der Waals surface area contributed by atoms with Gasteiger partial charge in [0.25, 0.3) is 0 Å². The van der Waals surface area contributed by atoms with Gasteiger partial charge in [0.15, 0.2) is 0 Å². The minimum atomic E-state index is 0.276. The first-order valence-corrected chi connectivity index (χ1v) is 8.27. The molecular formula is C21H21NO. The second-order valence-corrected chi connectivity index (χ2v) is 6.66. The normalized spacial score (nSPS) is 13.2. The summed E-state index contributed by atoms with van der Waals surface area (Å²) >= 11 is 0. The van der Waals surface area contributed by atoms with Gasteiger partial charge in [-0.3, -0.25) is 0 Å². The first-order valence-electron chi connectivity index (χ1n) is 8.27. The third-order valence-corrected chi connectivity index (χ3v) is 4.49. The number of H-pyrrole nitrogens is 1. The molecule has 0 spiro atoms. The number of hydrogen-bond donors (Lipinski definition) is 1. The molecule has 0 saturated heterocycles. The maximum atomic E-state index is 6.19. The van der Waals surface area contributed by atoms with Crippen molar-refractivity contribution in [3.05, 3.63) is 72.1 Å². The summed E-state index contributed by atoms with van der Waals surface area (Å²) in [5.74, 6) is 1.94. The van der Waals surface area contributed by atoms with Crippen LogP contribution in [0.3, 0.4) is 0 Å². The van der Waals surface area contributed by atoms with Gasteiger partial charge in [-0.15, -0.1) is 0 Å². The van der Waals surface area contributed by atoms with Crippen molar-refractivity contribution in [3.63, 3.8) is 0 Å². The van der Waals surface area contributed by atoms with Crippen LogP contribution in [-0.2, 0) is 0 Å². The molecular weight excluding hydrogens is 282 g/mol. The van der Waals surface area contributed by atoms with E-state index in [9.17, 15) is 0 Å². The molecule has 1 atom stereocenters. The first-order chi connectivity index (χ1) is 11.2. The number of aromatic nitrogens is 1. The van der Waals surface area contributed by atoms with Crippen LogP contribution in [0, 0.1) is 5.92 Å². The highest BCUT2D eigenvalue weighted by molar-refractivity contribution is 5.84. The SMILES string of the molecule is CC(C)CC(c1cc2ccccc2o1)c1c[nH]c2ccccc12. The zero-order chi connectivity index (χ0) is 15.8. The van der Waals surface area contributed by atoms with Crippen LogP contribution in [0.4, 0.5) is 0 Å². The summed E-state index contributed by atoms with van der Waals surface area (Å²) in [4.78, 5) is 3.40. The van der Waals surface area contributed by atoms with E-state index < -0.39 is 0 Å². The molecule has 1 N–H and O–H groups in total. The Morgan fingerprint density at radius 1 is 1.00 bits per heavy atom. The van der Waals surface area contributed by atoms with E-state index >= 15 is 0 Å². The highest BCUT2D eigenvalue weighted by atomic mass is 16.3. The highest BCUT2D eigenvalue weighted by Gasteiger charge is 2.22. The number of para-hydroxylation sites is 2. The van der Waals surface area contributed by atoms with Gasteiger partial charge in [-0.05, 0) is 36.1 Å². The Kier molecular flexibility index (Phi) is 3.45. The second kappa shape index (κ2) is 5.62. The molecule has 0 radical (unpaired) electrons. The third kappa shape index (κ3) is 2.55. The Morgan fingerprint density at radius 3 is 2.61 bits per heavy atom. The van der Waals surface area contributed by atoms with Gasteiger partial charge in [0.2, 0.25) is 0 Å². The monoisotopic (exact) mass is 303 g/mol. The molecule has 4 rings (SSSR count). The maximum absolute atomic E-state index is 6.19. The van der Waals surface area contributed by atoms with E-state index in [0.29, 0.717) is 5.92 Å². The number of aromatic amines is 1. The molecule has 2 aromatic heterocycles. The smallest absolute Gasteiger partial charge is 0.134 e. The Hall–Kier alpha value is -2.48. The number of furan rings is 1. The quantitative estimate of drug-likeness (QED) is 0.485. The molecule has 2 heteroatoms. The van der Waals surface area contributed by atoms with Crippen LogP contribution in [0.1, 0.15) is 37.5 Å². The van der Waals surface area contributed by atoms with Gasteiger partial charge >= 0.3 is 0 Å². The van der Waals surface area contributed by atoms with Crippen molar-refractivity contribution in [2.24, 2.45) is 5.92 Å². The lowest BCUT2D eigenvalue weighted by Gasteiger charge is -2.16. The maximum Gasteiger partial charge on any atom is 0.134 e. The molecule has 0 aliphatic rings. The molecule has 0 amide bonds. The summed E-state index contributed by atoms with van der Waals surface area (Å²) in [6.45, 7) is 4.54. The predicted molar refractivity (Wildman–Crippen MR) is 95.8 cm³/mol. The molecule has 116 valence electrons. The van der Waals surface area contributed by atoms with Crippen LogP contribution in [0.25, 0.3) is 21.9 Å². The summed E-state index contributed by atoms with van der Waals surface area (Å²) in [5, 5.41) is 2.47. The lowest BCUT2D eigenvalue weighted by molar-refractivity contribution is 0.460. The predicted octanol–water partition coefficient (Wildman–Crippen LogP) is 6.09. The lowest BCUT2D eigenvalue weighted by Crippen LogP contribution is -2.03. The fourth-order valence-corrected chi connectivity index (χ4v) is 3.42. The molecule has 4 aromatic rings. The molecule has 0 fully saturated rings. The minimum Gasteiger partial charge on any atom is -0.460 e. The summed E-state index contributed by atoms with van der Waals surface area (Å²) in [6, 6.07) is 18.9. The molecule has 2 nitrogen and oxygen atoms in total. The van der Waals surface area contributed by atoms with E-state index in [1.807, 2.05) is 12.1 Å². The van der Waals surface area contributed by atoms with Crippen molar-refractivity contribution in [1.82, 2.24) is 4.98 Å². The average molecular weight is 303 g/mol. The van der Waals surface area contributed by atoms with Crippen LogP contribution < -0.4 is 0 Å². The Labute approximate surface area is 136 Å². The van der Waals surface area contributed by atoms with Gasteiger partial charge < -0.3 is 9.40 Å². The topological polar surface area (TPSA) is 28.9 Å². The van der Waals surface area contributed by atoms with Crippen LogP contribution in [-0.4, -0.2) is 4.98 Å². The average Bonchev–Trinajstić information content (AvgIpc) is 3.16. The summed E-state index contributed by atoms with van der Waals surface area (Å²) in [5.41, 5.74) is 3.48. The molecule has 2 aromatic carbocycles. The van der Waals surface area contributed by atoms with E-state index in [1.165, 1.54) is 21.9 Å². The largest absolute Gasteiger partial charge is 0.460 e. The Bertz CT molecular complexity index is 911. The fourth-order valence-electron chi connectivity index (χ4n) is 3.42. The molecule has 0 aliphatic heterocycles. The van der Waals surface area contributed by atoms with Crippen LogP contribution in [0.2, 0.25) is 0 Å². The van der Waals surface area contributed by atoms with Crippen molar-refractivity contribution < 1.29 is 4.42 Å². The van der Waals surface area contributed by atoms with Gasteiger partial charge in [-0.25, -0.2) is 0 Å². The van der Waals surface area contributed by atoms with E-state index in [1.54, 1.807) is 0 Å². The molecule has 0 saturated carbocycles. The lowest BCUT2D eigenvalue weighted by atomic mass is 9.88. The van der Waals surface area contributed by atoms with Crippen LogP contribution in [0.15, 0.2) is 65.2 Å². The summed E-state index contributed by atoms with van der Waals surface area (Å²) in [7, 11) is 0. The summed E-state index contributed by atoms with van der Waals surface area (Å²) in [6.07, 6.45) is 3.21. The van der Waals surface area contributed by atoms with Gasteiger partial charge in [0.05, 0.1) is 0 Å². The number of fused-ring (bicyclic) bond motifs is 2. The minimum absolute atomic E-state index is 0.276. The number of nitrogens with one attached hydrogen (secondary N) is 1. The zero-order valence-corrected chi connectivity index (χ0v) is 13.5. The molecule has 0 bridgehead atoms. The Balaban J connectivity index is 1.86. The van der Waals surface area contributed by atoms with E-state index in [4.69, 9.17) is 4.42 Å². The van der Waals surface area contributed by atoms with Gasteiger partial charge in [0, 0.05) is 28.4 Å². The van der Waals surface area contributed by atoms with Crippen molar-refractivity contribution in [3.8, 4) is 0 Å². The number of hydrogen-bond acceptors (Lipinski definition) is 1. The van der Waals surface area contributed by atoms with Crippen molar-refractivity contribution >= 4 is 21.9 Å². The summed E-state index contributed by atoms with van der Waals surface area (Å²) < 4.78 is 6.19. The van der Waals surface area contributed by atoms with E-state index in [2.05, 4.69) is 67.5 Å². The Morgan fingerprint density at radius 2 is 1.78 bits per heavy atom. The molecule has 0 aliphatic carbocycles. The number of rotatable bonds is 4. The molecule has 1 unspecified atom stereocenters. The van der Waals surface area contributed by atoms with Crippen molar-refractivity contribution in [2.75, 3.05) is 0 Å². The zero-order valence-electron chi connectivity index (χ0n) is 13.5. The third-order valence-electron chi connectivity index (χ3n) is 4.49. The van der Waals surface area contributed by atoms with Gasteiger partial charge in [-0.1, -0.05) is 50.2 Å². The fraction of sp³-hybridized carbons (Fsp3) is 0.238. The van der Waals surface area contributed by atoms with E-state index in [-0.39, 0.29) is 5.92 Å². The van der Waals surface area contributed by atoms with E-state index in [0.717, 1.165) is 17.8 Å². The first kappa shape index (κ1) is 14.1. The van der Waals surface area contributed by atoms with Gasteiger partial charge in [-0.2, -0.15) is 0 Å². The van der Waals surface area contributed by atoms with Crippen LogP contribution >= 0.6 is 0 Å². The van der Waals surface area contributed by atoms with Gasteiger partial charge in [0.1, 0.15) is 11.3 Å². The number of benzene rings is 2. The highest BCUT2D eigenvalue weighted by Crippen LogP contribution is 2.37. The van der Waals surface area contributed by atoms with Crippen molar-refractivity contribution in [1.29, 1.82) is 0 Å². The standard InChI is InChI=1S/C21H21NO/c1-14(2)11-17(18-13-22-19-9-5-4-8-16(18)19)21-12-15-7-3-6-10-20(15)23-21/h3-10,12-14,17,22H,11H2,1-2H3. The second-order valence-electron chi connectivity index (χ2n) is 6.66. The van der Waals surface area contributed by atoms with Crippen LogP contribution in [0.5, 0.6) is 0 Å². The molecule has 23 heavy (non-hydrogen) atoms. The molecule has 2 heterocycles. The van der Waals surface area contributed by atoms with Crippen molar-refractivity contribution in [2.45, 2.75) is 26.2 Å².